The van der Waals surface area contributed by atoms with Gasteiger partial charge >= 0.3 is 0 Å². The molecule has 2 saturated heterocycles. The van der Waals surface area contributed by atoms with Crippen LogP contribution in [-0.2, 0) is 17.6 Å². The zero-order valence-corrected chi connectivity index (χ0v) is 24.8. The van der Waals surface area contributed by atoms with Crippen molar-refractivity contribution in [3.63, 3.8) is 0 Å². The van der Waals surface area contributed by atoms with E-state index in [0.717, 1.165) is 62.1 Å². The Balaban J connectivity index is 1.10. The number of hydrogen-bond donors (Lipinski definition) is 1. The van der Waals surface area contributed by atoms with Gasteiger partial charge in [-0.05, 0) is 90.0 Å². The van der Waals surface area contributed by atoms with Gasteiger partial charge in [0.15, 0.2) is 0 Å². The summed E-state index contributed by atoms with van der Waals surface area (Å²) in [6.45, 7) is 8.08. The van der Waals surface area contributed by atoms with E-state index in [4.69, 9.17) is 11.6 Å². The molecule has 6 rings (SSSR count). The highest BCUT2D eigenvalue weighted by atomic mass is 35.5. The Hall–Kier alpha value is -3.38. The number of anilines is 1. The molecular weight excluding hydrogens is 532 g/mol. The highest BCUT2D eigenvalue weighted by Gasteiger charge is 2.41. The van der Waals surface area contributed by atoms with Crippen molar-refractivity contribution in [1.29, 1.82) is 0 Å². The number of fused-ring (bicyclic) bond motifs is 1. The minimum Gasteiger partial charge on any atom is -0.371 e. The van der Waals surface area contributed by atoms with Crippen LogP contribution in [0.5, 0.6) is 0 Å². The minimum absolute atomic E-state index is 0.0583. The van der Waals surface area contributed by atoms with Crippen LogP contribution in [0.3, 0.4) is 0 Å². The maximum Gasteiger partial charge on any atom is 0.253 e. The molecule has 6 nitrogen and oxygen atoms in total. The van der Waals surface area contributed by atoms with E-state index in [0.29, 0.717) is 10.4 Å². The summed E-state index contributed by atoms with van der Waals surface area (Å²) in [5.74, 6) is 0.0415. The number of rotatable bonds is 5. The number of benzene rings is 2. The van der Waals surface area contributed by atoms with E-state index in [1.54, 1.807) is 0 Å². The number of aromatic nitrogens is 1. The summed E-state index contributed by atoms with van der Waals surface area (Å²) in [5, 5.41) is 3.87. The molecule has 0 bridgehead atoms. The summed E-state index contributed by atoms with van der Waals surface area (Å²) in [6.07, 6.45) is 9.26. The van der Waals surface area contributed by atoms with Crippen LogP contribution in [0.15, 0.2) is 67.0 Å². The maximum absolute atomic E-state index is 13.7. The number of likely N-dealkylation sites (tertiary alicyclic amines) is 1. The molecule has 1 atom stereocenters. The predicted octanol–water partition coefficient (Wildman–Crippen LogP) is 6.24. The Morgan fingerprint density at radius 3 is 2.34 bits per heavy atom. The molecule has 2 amide bonds. The first-order valence-electron chi connectivity index (χ1n) is 14.8. The van der Waals surface area contributed by atoms with Gasteiger partial charge in [0.25, 0.3) is 5.91 Å². The van der Waals surface area contributed by atoms with E-state index in [1.807, 2.05) is 53.7 Å². The number of piperidine rings is 2. The van der Waals surface area contributed by atoms with E-state index in [1.165, 1.54) is 24.1 Å². The van der Waals surface area contributed by atoms with Gasteiger partial charge in [0.2, 0.25) is 5.91 Å². The first-order chi connectivity index (χ1) is 19.7. The van der Waals surface area contributed by atoms with E-state index in [-0.39, 0.29) is 29.7 Å². The zero-order valence-electron chi connectivity index (χ0n) is 24.0. The third kappa shape index (κ3) is 5.72. The second-order valence-corrected chi connectivity index (χ2v) is 13.2. The van der Waals surface area contributed by atoms with Crippen molar-refractivity contribution in [2.45, 2.75) is 58.4 Å². The topological polar surface area (TPSA) is 65.5 Å². The molecule has 2 aliphatic heterocycles. The predicted molar refractivity (Wildman–Crippen MR) is 163 cm³/mol. The number of nitrogens with zero attached hydrogens (tertiary/aromatic N) is 3. The molecule has 3 heterocycles. The third-order valence-corrected chi connectivity index (χ3v) is 10.1. The normalized spacial score (nSPS) is 21.0. The molecule has 1 spiro atoms. The Morgan fingerprint density at radius 1 is 0.951 bits per heavy atom. The van der Waals surface area contributed by atoms with Crippen LogP contribution >= 0.6 is 11.6 Å². The van der Waals surface area contributed by atoms with Gasteiger partial charge in [-0.1, -0.05) is 49.7 Å². The first-order valence-corrected chi connectivity index (χ1v) is 15.2. The lowest BCUT2D eigenvalue weighted by Crippen LogP contribution is -2.48. The Kier molecular flexibility index (Phi) is 7.54. The van der Waals surface area contributed by atoms with E-state index >= 15 is 0 Å². The summed E-state index contributed by atoms with van der Waals surface area (Å²) in [7, 11) is 0. The molecule has 3 aliphatic rings. The molecule has 7 heteroatoms. The minimum atomic E-state index is -0.157. The fourth-order valence-corrected chi connectivity index (χ4v) is 7.33. The average Bonchev–Trinajstić information content (AvgIpc) is 3.23. The number of carbonyl (C=O) groups is 2. The Morgan fingerprint density at radius 2 is 1.63 bits per heavy atom. The monoisotopic (exact) mass is 570 g/mol. The lowest BCUT2D eigenvalue weighted by molar-refractivity contribution is -0.121. The van der Waals surface area contributed by atoms with E-state index in [9.17, 15) is 9.59 Å². The molecule has 1 N–H and O–H groups in total. The van der Waals surface area contributed by atoms with Gasteiger partial charge in [0.05, 0.1) is 12.5 Å². The largest absolute Gasteiger partial charge is 0.371 e. The summed E-state index contributed by atoms with van der Waals surface area (Å²) in [4.78, 5) is 35.4. The quantitative estimate of drug-likeness (QED) is 0.394. The van der Waals surface area contributed by atoms with Crippen LogP contribution in [0.25, 0.3) is 0 Å². The van der Waals surface area contributed by atoms with Gasteiger partial charge in [-0.15, -0.1) is 0 Å². The zero-order chi connectivity index (χ0) is 28.6. The number of pyridine rings is 1. The number of halogens is 1. The van der Waals surface area contributed by atoms with Gasteiger partial charge < -0.3 is 15.1 Å². The highest BCUT2D eigenvalue weighted by molar-refractivity contribution is 6.31. The summed E-state index contributed by atoms with van der Waals surface area (Å²) < 4.78 is 0. The number of hydrogen-bond acceptors (Lipinski definition) is 4. The first kappa shape index (κ1) is 27.8. The van der Waals surface area contributed by atoms with Crippen molar-refractivity contribution in [3.05, 3.63) is 94.3 Å². The lowest BCUT2D eigenvalue weighted by Gasteiger charge is -2.47. The second kappa shape index (κ2) is 11.1. The molecule has 2 aromatic carbocycles. The molecule has 3 aromatic rings. The molecule has 41 heavy (non-hydrogen) atoms. The van der Waals surface area contributed by atoms with Gasteiger partial charge in [-0.25, -0.2) is 0 Å². The Labute approximate surface area is 248 Å². The van der Waals surface area contributed by atoms with Gasteiger partial charge in [-0.2, -0.15) is 0 Å². The molecule has 1 unspecified atom stereocenters. The van der Waals surface area contributed by atoms with Gasteiger partial charge in [0.1, 0.15) is 0 Å². The summed E-state index contributed by atoms with van der Waals surface area (Å²) >= 11 is 6.30. The van der Waals surface area contributed by atoms with Crippen molar-refractivity contribution < 1.29 is 9.59 Å². The summed E-state index contributed by atoms with van der Waals surface area (Å²) in [5.41, 5.74) is 5.23. The fraction of sp³-hybridized carbons (Fsp3) is 0.441. The molecule has 214 valence electrons. The lowest BCUT2D eigenvalue weighted by atomic mass is 9.71. The van der Waals surface area contributed by atoms with Crippen molar-refractivity contribution in [2.75, 3.05) is 31.1 Å². The van der Waals surface area contributed by atoms with Crippen LogP contribution in [0, 0.1) is 10.8 Å². The van der Waals surface area contributed by atoms with Crippen molar-refractivity contribution >= 4 is 29.1 Å². The van der Waals surface area contributed by atoms with Crippen LogP contribution in [0.2, 0.25) is 5.02 Å². The van der Waals surface area contributed by atoms with Crippen molar-refractivity contribution in [2.24, 2.45) is 10.8 Å². The standard InChI is InChI=1S/C34H39ClN4O2/c1-33(2)23-26-8-7-25(21-28(26)31(33)37-30(40)22-24-5-3-4-6-29(24)35)32(41)39-19-13-34(14-20-39)11-17-38(18-12-34)27-9-15-36-16-10-27/h3-10,15-16,21,31H,11-14,17-20,22-23H2,1-2H3,(H,37,40). The van der Waals surface area contributed by atoms with E-state index in [2.05, 4.69) is 47.2 Å². The van der Waals surface area contributed by atoms with Crippen molar-refractivity contribution in [1.82, 2.24) is 15.2 Å². The molecule has 2 fully saturated rings. The molecule has 0 radical (unpaired) electrons. The summed E-state index contributed by atoms with van der Waals surface area (Å²) in [6, 6.07) is 17.6. The molecule has 1 aliphatic carbocycles. The number of amides is 2. The van der Waals surface area contributed by atoms with Crippen LogP contribution in [0.4, 0.5) is 5.69 Å². The average molecular weight is 571 g/mol. The van der Waals surface area contributed by atoms with Gasteiger partial charge in [-0.3, -0.25) is 14.6 Å². The van der Waals surface area contributed by atoms with Gasteiger partial charge in [0, 0.05) is 54.8 Å². The SMILES string of the molecule is CC1(C)Cc2ccc(C(=O)N3CCC4(CC3)CCN(c3ccncc3)CC4)cc2C1NC(=O)Cc1ccccc1Cl. The third-order valence-electron chi connectivity index (χ3n) is 9.71. The maximum atomic E-state index is 13.7. The molecule has 1 aromatic heterocycles. The second-order valence-electron chi connectivity index (χ2n) is 12.8. The molecule has 0 saturated carbocycles. The molecular formula is C34H39ClN4O2. The number of nitrogens with one attached hydrogen (secondary N) is 1. The van der Waals surface area contributed by atoms with Crippen LogP contribution < -0.4 is 10.2 Å². The smallest absolute Gasteiger partial charge is 0.253 e. The Bertz CT molecular complexity index is 1420. The fourth-order valence-electron chi connectivity index (χ4n) is 7.13. The van der Waals surface area contributed by atoms with Crippen LogP contribution in [0.1, 0.15) is 72.6 Å². The number of carbonyl (C=O) groups excluding carboxylic acids is 2. The van der Waals surface area contributed by atoms with Crippen LogP contribution in [-0.4, -0.2) is 47.9 Å². The van der Waals surface area contributed by atoms with E-state index < -0.39 is 0 Å². The highest BCUT2D eigenvalue weighted by Crippen LogP contribution is 2.46. The van der Waals surface area contributed by atoms with Crippen molar-refractivity contribution in [3.8, 4) is 0 Å².